The minimum Gasteiger partial charge on any atom is -0.480 e. The molecule has 1 rings (SSSR count). The molecular weight excluding hydrogens is 291 g/mol. The minimum absolute atomic E-state index is 0.0418. The normalized spacial score (nSPS) is 11.5. The fraction of sp³-hybridized carbons (Fsp3) is 0.583. The Kier molecular flexibility index (Phi) is 5.34. The number of aromatic nitrogens is 2. The molecule has 0 saturated carbocycles. The van der Waals surface area contributed by atoms with E-state index in [0.29, 0.717) is 18.7 Å². The van der Waals surface area contributed by atoms with Crippen LogP contribution in [0.1, 0.15) is 30.0 Å². The van der Waals surface area contributed by atoms with Crippen LogP contribution in [0.2, 0.25) is 0 Å². The van der Waals surface area contributed by atoms with Crippen molar-refractivity contribution in [2.75, 3.05) is 13.1 Å². The van der Waals surface area contributed by atoms with Crippen molar-refractivity contribution in [3.8, 4) is 0 Å². The third kappa shape index (κ3) is 4.76. The zero-order valence-corrected chi connectivity index (χ0v) is 11.6. The summed E-state index contributed by atoms with van der Waals surface area (Å²) in [5.74, 6) is -2.50. The van der Waals surface area contributed by atoms with Crippen LogP contribution in [0.4, 0.5) is 13.2 Å². The summed E-state index contributed by atoms with van der Waals surface area (Å²) in [6, 6.07) is 1.39. The standard InChI is InChI=1S/C12H16F3N3O3/c1-3-8-5-9(18(4-2)16-8)11(21)17(6-10(19)20)7-12(13,14)15/h5H,3-4,6-7H2,1-2H3,(H,19,20). The number of carbonyl (C=O) groups is 2. The van der Waals surface area contributed by atoms with Crippen LogP contribution in [-0.4, -0.2) is 50.9 Å². The minimum atomic E-state index is -4.67. The Bertz CT molecular complexity index is 526. The van der Waals surface area contributed by atoms with Crippen LogP contribution in [0.15, 0.2) is 6.07 Å². The molecule has 0 aliphatic heterocycles. The maximum Gasteiger partial charge on any atom is 0.406 e. The number of halogens is 3. The number of amides is 1. The maximum absolute atomic E-state index is 12.5. The highest BCUT2D eigenvalue weighted by atomic mass is 19.4. The zero-order valence-electron chi connectivity index (χ0n) is 11.6. The van der Waals surface area contributed by atoms with Gasteiger partial charge in [0.2, 0.25) is 0 Å². The Morgan fingerprint density at radius 3 is 2.43 bits per heavy atom. The van der Waals surface area contributed by atoms with Crippen LogP contribution < -0.4 is 0 Å². The van der Waals surface area contributed by atoms with E-state index in [2.05, 4.69) is 5.10 Å². The van der Waals surface area contributed by atoms with E-state index in [9.17, 15) is 22.8 Å². The van der Waals surface area contributed by atoms with Gasteiger partial charge in [-0.1, -0.05) is 6.92 Å². The van der Waals surface area contributed by atoms with Gasteiger partial charge in [-0.3, -0.25) is 14.3 Å². The van der Waals surface area contributed by atoms with Crippen molar-refractivity contribution in [1.82, 2.24) is 14.7 Å². The Labute approximate surface area is 119 Å². The molecule has 21 heavy (non-hydrogen) atoms. The Hall–Kier alpha value is -2.06. The summed E-state index contributed by atoms with van der Waals surface area (Å²) in [4.78, 5) is 23.1. The molecule has 0 spiro atoms. The smallest absolute Gasteiger partial charge is 0.406 e. The first kappa shape index (κ1) is 17.0. The van der Waals surface area contributed by atoms with Crippen molar-refractivity contribution < 1.29 is 27.9 Å². The van der Waals surface area contributed by atoms with Crippen LogP contribution in [-0.2, 0) is 17.8 Å². The Morgan fingerprint density at radius 1 is 1.38 bits per heavy atom. The van der Waals surface area contributed by atoms with E-state index in [1.165, 1.54) is 10.7 Å². The van der Waals surface area contributed by atoms with Crippen LogP contribution in [0.5, 0.6) is 0 Å². The largest absolute Gasteiger partial charge is 0.480 e. The van der Waals surface area contributed by atoms with Gasteiger partial charge in [0.05, 0.1) is 5.69 Å². The zero-order chi connectivity index (χ0) is 16.2. The molecule has 0 fully saturated rings. The quantitative estimate of drug-likeness (QED) is 0.865. The number of alkyl halides is 3. The molecule has 0 radical (unpaired) electrons. The summed E-state index contributed by atoms with van der Waals surface area (Å²) in [6.07, 6.45) is -4.15. The number of aliphatic carboxylic acids is 1. The second-order valence-electron chi connectivity index (χ2n) is 4.36. The van der Waals surface area contributed by atoms with Crippen molar-refractivity contribution in [3.05, 3.63) is 17.5 Å². The lowest BCUT2D eigenvalue weighted by Gasteiger charge is -2.22. The number of nitrogens with zero attached hydrogens (tertiary/aromatic N) is 3. The molecule has 0 aliphatic rings. The van der Waals surface area contributed by atoms with E-state index in [4.69, 9.17) is 5.11 Å². The first-order chi connectivity index (χ1) is 9.67. The second kappa shape index (κ2) is 6.59. The molecule has 0 bridgehead atoms. The van der Waals surface area contributed by atoms with Crippen molar-refractivity contribution in [2.45, 2.75) is 33.0 Å². The summed E-state index contributed by atoms with van der Waals surface area (Å²) in [6.45, 7) is 1.15. The first-order valence-corrected chi connectivity index (χ1v) is 6.32. The van der Waals surface area contributed by atoms with Gasteiger partial charge in [0.15, 0.2) is 0 Å². The predicted octanol–water partition coefficient (Wildman–Crippen LogP) is 1.55. The maximum atomic E-state index is 12.5. The van der Waals surface area contributed by atoms with Crippen LogP contribution in [0.3, 0.4) is 0 Å². The molecule has 0 unspecified atom stereocenters. The molecule has 6 nitrogen and oxygen atoms in total. The molecule has 1 amide bonds. The molecule has 0 atom stereocenters. The van der Waals surface area contributed by atoms with Gasteiger partial charge < -0.3 is 10.0 Å². The van der Waals surface area contributed by atoms with E-state index in [1.807, 2.05) is 0 Å². The van der Waals surface area contributed by atoms with Gasteiger partial charge in [0.1, 0.15) is 18.8 Å². The molecule has 1 heterocycles. The highest BCUT2D eigenvalue weighted by Gasteiger charge is 2.35. The topological polar surface area (TPSA) is 75.4 Å². The molecule has 1 N–H and O–H groups in total. The molecule has 0 aromatic carbocycles. The van der Waals surface area contributed by atoms with Crippen LogP contribution in [0.25, 0.3) is 0 Å². The number of hydrogen-bond acceptors (Lipinski definition) is 3. The third-order valence-electron chi connectivity index (χ3n) is 2.69. The van der Waals surface area contributed by atoms with E-state index in [0.717, 1.165) is 0 Å². The summed E-state index contributed by atoms with van der Waals surface area (Å²) in [5, 5.41) is 12.7. The van der Waals surface area contributed by atoms with Crippen molar-refractivity contribution in [1.29, 1.82) is 0 Å². The van der Waals surface area contributed by atoms with Gasteiger partial charge in [-0.2, -0.15) is 18.3 Å². The highest BCUT2D eigenvalue weighted by Crippen LogP contribution is 2.18. The molecule has 9 heteroatoms. The van der Waals surface area contributed by atoms with Crippen molar-refractivity contribution in [2.24, 2.45) is 0 Å². The number of rotatable bonds is 6. The van der Waals surface area contributed by atoms with Crippen molar-refractivity contribution in [3.63, 3.8) is 0 Å². The van der Waals surface area contributed by atoms with Crippen LogP contribution in [0, 0.1) is 0 Å². The number of carboxylic acid groups (broad SMARTS) is 1. The second-order valence-corrected chi connectivity index (χ2v) is 4.36. The number of hydrogen-bond donors (Lipinski definition) is 1. The van der Waals surface area contributed by atoms with E-state index < -0.39 is 31.1 Å². The number of carbonyl (C=O) groups excluding carboxylic acids is 1. The van der Waals surface area contributed by atoms with Gasteiger partial charge in [0, 0.05) is 6.54 Å². The molecule has 118 valence electrons. The summed E-state index contributed by atoms with van der Waals surface area (Å²) in [7, 11) is 0. The van der Waals surface area contributed by atoms with E-state index >= 15 is 0 Å². The Balaban J connectivity index is 3.09. The lowest BCUT2D eigenvalue weighted by atomic mass is 10.2. The van der Waals surface area contributed by atoms with Gasteiger partial charge in [-0.05, 0) is 19.4 Å². The Morgan fingerprint density at radius 2 is 2.00 bits per heavy atom. The third-order valence-corrected chi connectivity index (χ3v) is 2.69. The van der Waals surface area contributed by atoms with Crippen molar-refractivity contribution >= 4 is 11.9 Å². The van der Waals surface area contributed by atoms with E-state index in [1.54, 1.807) is 13.8 Å². The molecule has 1 aromatic heterocycles. The fourth-order valence-corrected chi connectivity index (χ4v) is 1.80. The lowest BCUT2D eigenvalue weighted by Crippen LogP contribution is -2.42. The molecular formula is C12H16F3N3O3. The van der Waals surface area contributed by atoms with Gasteiger partial charge >= 0.3 is 12.1 Å². The fourth-order valence-electron chi connectivity index (χ4n) is 1.80. The highest BCUT2D eigenvalue weighted by molar-refractivity contribution is 5.94. The van der Waals surface area contributed by atoms with E-state index in [-0.39, 0.29) is 10.6 Å². The van der Waals surface area contributed by atoms with Gasteiger partial charge in [-0.15, -0.1) is 0 Å². The molecule has 0 aliphatic carbocycles. The SMILES string of the molecule is CCc1cc(C(=O)N(CC(=O)O)CC(F)(F)F)n(CC)n1. The predicted molar refractivity (Wildman–Crippen MR) is 66.9 cm³/mol. The molecule has 1 aromatic rings. The van der Waals surface area contributed by atoms with Gasteiger partial charge in [-0.25, -0.2) is 0 Å². The monoisotopic (exact) mass is 307 g/mol. The number of carboxylic acids is 1. The first-order valence-electron chi connectivity index (χ1n) is 6.32. The summed E-state index contributed by atoms with van der Waals surface area (Å²) in [5.41, 5.74) is 0.516. The average Bonchev–Trinajstić information content (AvgIpc) is 2.78. The van der Waals surface area contributed by atoms with Gasteiger partial charge in [0.25, 0.3) is 5.91 Å². The summed E-state index contributed by atoms with van der Waals surface area (Å²) >= 11 is 0. The average molecular weight is 307 g/mol. The van der Waals surface area contributed by atoms with Crippen LogP contribution >= 0.6 is 0 Å². The summed E-state index contributed by atoms with van der Waals surface area (Å²) < 4.78 is 38.7. The lowest BCUT2D eigenvalue weighted by molar-refractivity contribution is -0.149. The molecule has 0 saturated heterocycles. The number of aryl methyl sites for hydroxylation is 2.